The molecule has 0 radical (unpaired) electrons. The fraction of sp³-hybridized carbons (Fsp3) is 0.538. The Kier molecular flexibility index (Phi) is 1.64. The highest BCUT2D eigenvalue weighted by atomic mass is 14.6. The van der Waals surface area contributed by atoms with Crippen LogP contribution in [-0.2, 0) is 19.3 Å². The molecule has 0 fully saturated rings. The van der Waals surface area contributed by atoms with E-state index in [4.69, 9.17) is 5.73 Å². The Balaban J connectivity index is 2.25. The minimum atomic E-state index is 0.691. The van der Waals surface area contributed by atoms with E-state index in [1.807, 2.05) is 0 Å². The summed E-state index contributed by atoms with van der Waals surface area (Å²) in [6.45, 7) is 2.31. The van der Waals surface area contributed by atoms with E-state index in [9.17, 15) is 0 Å². The second-order valence-electron chi connectivity index (χ2n) is 4.79. The predicted molar refractivity (Wildman–Crippen MR) is 59.6 cm³/mol. The summed E-state index contributed by atoms with van der Waals surface area (Å²) >= 11 is 0. The van der Waals surface area contributed by atoms with Crippen LogP contribution >= 0.6 is 0 Å². The van der Waals surface area contributed by atoms with E-state index in [1.165, 1.54) is 54.4 Å². The first-order valence-electron chi connectivity index (χ1n) is 5.70. The Bertz CT molecular complexity index is 393. The van der Waals surface area contributed by atoms with Crippen LogP contribution in [0, 0.1) is 0 Å². The first kappa shape index (κ1) is 8.34. The number of hydrogen-bond acceptors (Lipinski definition) is 1. The lowest BCUT2D eigenvalue weighted by Gasteiger charge is -2.13. The van der Waals surface area contributed by atoms with Gasteiger partial charge in [-0.1, -0.05) is 13.0 Å². The zero-order chi connectivity index (χ0) is 9.71. The Morgan fingerprint density at radius 3 is 2.93 bits per heavy atom. The van der Waals surface area contributed by atoms with E-state index in [0.29, 0.717) is 5.92 Å². The SMILES string of the molecule is CC1CCc2cc3c(c(N)c21)CCC3. The number of rotatable bonds is 0. The lowest BCUT2D eigenvalue weighted by molar-refractivity contribution is 0.748. The van der Waals surface area contributed by atoms with Crippen molar-refractivity contribution in [2.75, 3.05) is 5.73 Å². The quantitative estimate of drug-likeness (QED) is 0.621. The molecule has 0 heterocycles. The zero-order valence-corrected chi connectivity index (χ0v) is 8.77. The van der Waals surface area contributed by atoms with Crippen molar-refractivity contribution in [1.29, 1.82) is 0 Å². The van der Waals surface area contributed by atoms with Crippen molar-refractivity contribution >= 4 is 5.69 Å². The van der Waals surface area contributed by atoms with Crippen LogP contribution in [0.5, 0.6) is 0 Å². The van der Waals surface area contributed by atoms with Crippen LogP contribution in [0.1, 0.15) is 47.9 Å². The molecule has 0 saturated carbocycles. The second-order valence-corrected chi connectivity index (χ2v) is 4.79. The molecule has 2 aliphatic carbocycles. The normalized spacial score (nSPS) is 23.6. The highest BCUT2D eigenvalue weighted by molar-refractivity contribution is 5.64. The third kappa shape index (κ3) is 0.956. The number of fused-ring (bicyclic) bond motifs is 2. The summed E-state index contributed by atoms with van der Waals surface area (Å²) in [4.78, 5) is 0. The molecule has 1 heteroatoms. The number of nitrogen functional groups attached to an aromatic ring is 1. The molecule has 1 aromatic carbocycles. The van der Waals surface area contributed by atoms with Crippen molar-refractivity contribution in [2.45, 2.75) is 44.9 Å². The lowest BCUT2D eigenvalue weighted by atomic mass is 9.95. The maximum absolute atomic E-state index is 6.28. The summed E-state index contributed by atoms with van der Waals surface area (Å²) in [6, 6.07) is 2.43. The molecule has 0 aromatic heterocycles. The minimum absolute atomic E-state index is 0.691. The standard InChI is InChI=1S/C13H17N/c1-8-5-6-10-7-9-3-2-4-11(9)13(14)12(8)10/h7-8H,2-6,14H2,1H3. The van der Waals surface area contributed by atoms with Gasteiger partial charge in [0.1, 0.15) is 0 Å². The molecule has 1 nitrogen and oxygen atoms in total. The second kappa shape index (κ2) is 2.75. The van der Waals surface area contributed by atoms with Crippen molar-refractivity contribution in [3.8, 4) is 0 Å². The zero-order valence-electron chi connectivity index (χ0n) is 8.77. The van der Waals surface area contributed by atoms with Gasteiger partial charge in [0, 0.05) is 5.69 Å². The third-order valence-electron chi connectivity index (χ3n) is 3.91. The fourth-order valence-electron chi connectivity index (χ4n) is 3.16. The van der Waals surface area contributed by atoms with Crippen LogP contribution in [0.3, 0.4) is 0 Å². The Labute approximate surface area is 85.3 Å². The topological polar surface area (TPSA) is 26.0 Å². The molecule has 0 saturated heterocycles. The summed E-state index contributed by atoms with van der Waals surface area (Å²) in [5.74, 6) is 0.691. The van der Waals surface area contributed by atoms with Gasteiger partial charge in [0.05, 0.1) is 0 Å². The van der Waals surface area contributed by atoms with Gasteiger partial charge in [-0.25, -0.2) is 0 Å². The molecule has 0 spiro atoms. The van der Waals surface area contributed by atoms with Crippen LogP contribution in [0.15, 0.2) is 6.07 Å². The Morgan fingerprint density at radius 1 is 1.21 bits per heavy atom. The summed E-state index contributed by atoms with van der Waals surface area (Å²) < 4.78 is 0. The Morgan fingerprint density at radius 2 is 2.07 bits per heavy atom. The number of benzene rings is 1. The van der Waals surface area contributed by atoms with Crippen LogP contribution in [0.2, 0.25) is 0 Å². The fourth-order valence-corrected chi connectivity index (χ4v) is 3.16. The molecule has 0 aliphatic heterocycles. The Hall–Kier alpha value is -0.980. The van der Waals surface area contributed by atoms with Gasteiger partial charge in [-0.05, 0) is 60.3 Å². The van der Waals surface area contributed by atoms with E-state index in [0.717, 1.165) is 5.69 Å². The van der Waals surface area contributed by atoms with Gasteiger partial charge in [0.25, 0.3) is 0 Å². The smallest absolute Gasteiger partial charge is 0.0387 e. The van der Waals surface area contributed by atoms with E-state index in [1.54, 1.807) is 0 Å². The predicted octanol–water partition coefficient (Wildman–Crippen LogP) is 2.81. The van der Waals surface area contributed by atoms with E-state index in [-0.39, 0.29) is 0 Å². The van der Waals surface area contributed by atoms with Gasteiger partial charge < -0.3 is 5.73 Å². The highest BCUT2D eigenvalue weighted by Gasteiger charge is 2.26. The molecule has 1 aromatic rings. The van der Waals surface area contributed by atoms with Gasteiger partial charge in [-0.2, -0.15) is 0 Å². The van der Waals surface area contributed by atoms with Gasteiger partial charge >= 0.3 is 0 Å². The molecule has 3 rings (SSSR count). The molecular formula is C13H17N. The van der Waals surface area contributed by atoms with Crippen molar-refractivity contribution in [3.63, 3.8) is 0 Å². The summed E-state index contributed by atoms with van der Waals surface area (Å²) in [5, 5.41) is 0. The van der Waals surface area contributed by atoms with Crippen molar-refractivity contribution in [1.82, 2.24) is 0 Å². The average molecular weight is 187 g/mol. The van der Waals surface area contributed by atoms with Gasteiger partial charge in [-0.3, -0.25) is 0 Å². The summed E-state index contributed by atoms with van der Waals surface area (Å²) in [7, 11) is 0. The summed E-state index contributed by atoms with van der Waals surface area (Å²) in [6.07, 6.45) is 6.30. The molecule has 2 N–H and O–H groups in total. The highest BCUT2D eigenvalue weighted by Crippen LogP contribution is 2.42. The first-order chi connectivity index (χ1) is 6.77. The van der Waals surface area contributed by atoms with Gasteiger partial charge in [0.2, 0.25) is 0 Å². The van der Waals surface area contributed by atoms with E-state index in [2.05, 4.69) is 13.0 Å². The largest absolute Gasteiger partial charge is 0.398 e. The lowest BCUT2D eigenvalue weighted by Crippen LogP contribution is -2.01. The van der Waals surface area contributed by atoms with E-state index < -0.39 is 0 Å². The molecule has 0 bridgehead atoms. The molecular weight excluding hydrogens is 170 g/mol. The van der Waals surface area contributed by atoms with Gasteiger partial charge in [0.15, 0.2) is 0 Å². The number of aryl methyl sites for hydroxylation is 2. The van der Waals surface area contributed by atoms with Gasteiger partial charge in [-0.15, -0.1) is 0 Å². The monoisotopic (exact) mass is 187 g/mol. The third-order valence-corrected chi connectivity index (χ3v) is 3.91. The average Bonchev–Trinajstić information content (AvgIpc) is 2.74. The summed E-state index contributed by atoms with van der Waals surface area (Å²) in [5.41, 5.74) is 13.4. The van der Waals surface area contributed by atoms with Crippen LogP contribution in [0.25, 0.3) is 0 Å². The van der Waals surface area contributed by atoms with Crippen molar-refractivity contribution in [3.05, 3.63) is 28.3 Å². The van der Waals surface area contributed by atoms with E-state index >= 15 is 0 Å². The molecule has 1 atom stereocenters. The maximum Gasteiger partial charge on any atom is 0.0387 e. The van der Waals surface area contributed by atoms with Crippen LogP contribution in [-0.4, -0.2) is 0 Å². The molecule has 0 amide bonds. The van der Waals surface area contributed by atoms with Crippen molar-refractivity contribution < 1.29 is 0 Å². The van der Waals surface area contributed by atoms with Crippen molar-refractivity contribution in [2.24, 2.45) is 0 Å². The number of nitrogens with two attached hydrogens (primary N) is 1. The number of anilines is 1. The first-order valence-corrected chi connectivity index (χ1v) is 5.70. The maximum atomic E-state index is 6.28. The van der Waals surface area contributed by atoms with Crippen LogP contribution < -0.4 is 5.73 Å². The molecule has 1 unspecified atom stereocenters. The molecule has 14 heavy (non-hydrogen) atoms. The minimum Gasteiger partial charge on any atom is -0.398 e. The van der Waals surface area contributed by atoms with Crippen LogP contribution in [0.4, 0.5) is 5.69 Å². The molecule has 74 valence electrons. The number of hydrogen-bond donors (Lipinski definition) is 1. The molecule has 2 aliphatic rings.